The van der Waals surface area contributed by atoms with Gasteiger partial charge in [-0.2, -0.15) is 5.10 Å². The van der Waals surface area contributed by atoms with Gasteiger partial charge in [-0.3, -0.25) is 14.3 Å². The molecule has 1 aliphatic carbocycles. The molecule has 1 aromatic rings. The average Bonchev–Trinajstić information content (AvgIpc) is 3.38. The van der Waals surface area contributed by atoms with Crippen molar-refractivity contribution in [2.24, 2.45) is 11.3 Å². The quantitative estimate of drug-likeness (QED) is 0.740. The van der Waals surface area contributed by atoms with Crippen LogP contribution in [0.1, 0.15) is 68.7 Å². The summed E-state index contributed by atoms with van der Waals surface area (Å²) < 4.78 is 7.42. The maximum atomic E-state index is 12.6. The van der Waals surface area contributed by atoms with Gasteiger partial charge < -0.3 is 15.0 Å². The summed E-state index contributed by atoms with van der Waals surface area (Å²) in [6, 6.07) is 2.05. The minimum absolute atomic E-state index is 0.0594. The summed E-state index contributed by atoms with van der Waals surface area (Å²) in [7, 11) is 0. The van der Waals surface area contributed by atoms with Gasteiger partial charge in [-0.05, 0) is 58.4 Å². The Hall–Kier alpha value is -1.89. The zero-order chi connectivity index (χ0) is 20.3. The number of piperidine rings is 1. The summed E-state index contributed by atoms with van der Waals surface area (Å²) in [6.45, 7) is 11.0. The second-order valence-electron chi connectivity index (χ2n) is 9.08. The number of likely N-dealkylation sites (tertiary alicyclic amines) is 1. The molecule has 28 heavy (non-hydrogen) atoms. The third kappa shape index (κ3) is 5.34. The average molecular weight is 391 g/mol. The highest BCUT2D eigenvalue weighted by atomic mass is 16.5. The van der Waals surface area contributed by atoms with Crippen LogP contribution in [-0.4, -0.2) is 59.3 Å². The number of aryl methyl sites for hydroxylation is 1. The van der Waals surface area contributed by atoms with Crippen LogP contribution in [0.5, 0.6) is 0 Å². The Bertz CT molecular complexity index is 711. The van der Waals surface area contributed by atoms with Crippen LogP contribution in [0.25, 0.3) is 0 Å². The molecule has 7 nitrogen and oxygen atoms in total. The highest BCUT2D eigenvalue weighted by molar-refractivity contribution is 5.92. The van der Waals surface area contributed by atoms with Gasteiger partial charge in [0.1, 0.15) is 12.3 Å². The molecule has 1 aliphatic heterocycles. The Morgan fingerprint density at radius 3 is 2.79 bits per heavy atom. The molecule has 2 fully saturated rings. The van der Waals surface area contributed by atoms with Crippen molar-refractivity contribution in [3.63, 3.8) is 0 Å². The predicted octanol–water partition coefficient (Wildman–Crippen LogP) is 2.56. The number of aromatic nitrogens is 2. The van der Waals surface area contributed by atoms with Gasteiger partial charge in [0.15, 0.2) is 0 Å². The first-order chi connectivity index (χ1) is 13.3. The summed E-state index contributed by atoms with van der Waals surface area (Å²) in [5.41, 5.74) is 1.30. The maximum Gasteiger partial charge on any atom is 0.271 e. The lowest BCUT2D eigenvalue weighted by Crippen LogP contribution is -2.50. The summed E-state index contributed by atoms with van der Waals surface area (Å²) in [5.74, 6) is 0.571. The monoisotopic (exact) mass is 390 g/mol. The van der Waals surface area contributed by atoms with Crippen molar-refractivity contribution in [1.29, 1.82) is 0 Å². The fourth-order valence-electron chi connectivity index (χ4n) is 3.87. The van der Waals surface area contributed by atoms with Crippen LogP contribution in [-0.2, 0) is 9.53 Å². The molecular formula is C21H34N4O3. The van der Waals surface area contributed by atoms with Crippen molar-refractivity contribution in [2.75, 3.05) is 32.8 Å². The van der Waals surface area contributed by atoms with E-state index in [0.717, 1.165) is 25.1 Å². The minimum Gasteiger partial charge on any atom is -0.371 e. The zero-order valence-electron chi connectivity index (χ0n) is 17.7. The standard InChI is InChI=1S/C21H34N4O3/c1-15(2)25-16(3)10-18(23-25)20(27)22-13-21(4)8-5-9-24(14-21)19(26)12-28-11-17-6-7-17/h10,15,17H,5-9,11-14H2,1-4H3,(H,22,27). The van der Waals surface area contributed by atoms with Crippen LogP contribution < -0.4 is 5.32 Å². The molecule has 2 heterocycles. The molecule has 0 radical (unpaired) electrons. The number of carbonyl (C=O) groups excluding carboxylic acids is 2. The first-order valence-electron chi connectivity index (χ1n) is 10.5. The number of hydrogen-bond donors (Lipinski definition) is 1. The van der Waals surface area contributed by atoms with Crippen molar-refractivity contribution >= 4 is 11.8 Å². The Balaban J connectivity index is 1.50. The Labute approximate surface area is 167 Å². The molecule has 1 saturated heterocycles. The van der Waals surface area contributed by atoms with Crippen molar-refractivity contribution in [1.82, 2.24) is 20.0 Å². The summed E-state index contributed by atoms with van der Waals surface area (Å²) in [6.07, 6.45) is 4.39. The fraction of sp³-hybridized carbons (Fsp3) is 0.762. The highest BCUT2D eigenvalue weighted by Gasteiger charge is 2.34. The Kier molecular flexibility index (Phi) is 6.43. The van der Waals surface area contributed by atoms with Gasteiger partial charge >= 0.3 is 0 Å². The molecule has 0 spiro atoms. The zero-order valence-corrected chi connectivity index (χ0v) is 17.7. The first-order valence-corrected chi connectivity index (χ1v) is 10.5. The highest BCUT2D eigenvalue weighted by Crippen LogP contribution is 2.30. The number of amides is 2. The lowest BCUT2D eigenvalue weighted by atomic mass is 9.81. The van der Waals surface area contributed by atoms with Gasteiger partial charge in [0, 0.05) is 36.8 Å². The second kappa shape index (κ2) is 8.64. The van der Waals surface area contributed by atoms with Crippen molar-refractivity contribution in [3.05, 3.63) is 17.5 Å². The molecule has 0 bridgehead atoms. The number of nitrogens with zero attached hydrogens (tertiary/aromatic N) is 3. The van der Waals surface area contributed by atoms with E-state index in [2.05, 4.69) is 17.3 Å². The number of ether oxygens (including phenoxy) is 1. The Morgan fingerprint density at radius 1 is 1.39 bits per heavy atom. The number of nitrogens with one attached hydrogen (secondary N) is 1. The van der Waals surface area contributed by atoms with E-state index in [1.54, 1.807) is 0 Å². The SMILES string of the molecule is Cc1cc(C(=O)NCC2(C)CCCN(C(=O)COCC3CC3)C2)nn1C(C)C. The lowest BCUT2D eigenvalue weighted by Gasteiger charge is -2.40. The normalized spacial score (nSPS) is 22.5. The summed E-state index contributed by atoms with van der Waals surface area (Å²) >= 11 is 0. The molecular weight excluding hydrogens is 356 g/mol. The molecule has 1 atom stereocenters. The number of hydrogen-bond acceptors (Lipinski definition) is 4. The van der Waals surface area contributed by atoms with Crippen molar-refractivity contribution in [2.45, 2.75) is 59.4 Å². The molecule has 1 aromatic heterocycles. The maximum absolute atomic E-state index is 12.6. The van der Waals surface area contributed by atoms with Crippen LogP contribution in [0.4, 0.5) is 0 Å². The summed E-state index contributed by atoms with van der Waals surface area (Å²) in [5, 5.41) is 7.45. The molecule has 3 rings (SSSR count). The summed E-state index contributed by atoms with van der Waals surface area (Å²) in [4.78, 5) is 26.9. The van der Waals surface area contributed by atoms with Gasteiger partial charge in [-0.1, -0.05) is 6.92 Å². The van der Waals surface area contributed by atoms with Gasteiger partial charge in [0.05, 0.1) is 6.61 Å². The number of carbonyl (C=O) groups is 2. The molecule has 1 N–H and O–H groups in total. The Morgan fingerprint density at radius 2 is 2.14 bits per heavy atom. The molecule has 156 valence electrons. The van der Waals surface area contributed by atoms with E-state index in [1.165, 1.54) is 12.8 Å². The fourth-order valence-corrected chi connectivity index (χ4v) is 3.87. The molecule has 2 amide bonds. The molecule has 2 aliphatic rings. The minimum atomic E-state index is -0.153. The van der Waals surface area contributed by atoms with Crippen LogP contribution in [0.2, 0.25) is 0 Å². The predicted molar refractivity (Wildman–Crippen MR) is 107 cm³/mol. The van der Waals surface area contributed by atoms with Gasteiger partial charge in [-0.25, -0.2) is 0 Å². The van der Waals surface area contributed by atoms with E-state index in [9.17, 15) is 9.59 Å². The van der Waals surface area contributed by atoms with E-state index >= 15 is 0 Å². The second-order valence-corrected chi connectivity index (χ2v) is 9.08. The van der Waals surface area contributed by atoms with Crippen LogP contribution in [0, 0.1) is 18.3 Å². The largest absolute Gasteiger partial charge is 0.371 e. The lowest BCUT2D eigenvalue weighted by molar-refractivity contribution is -0.139. The smallest absolute Gasteiger partial charge is 0.271 e. The van der Waals surface area contributed by atoms with Crippen LogP contribution in [0.15, 0.2) is 6.07 Å². The topological polar surface area (TPSA) is 76.5 Å². The van der Waals surface area contributed by atoms with Gasteiger partial charge in [0.25, 0.3) is 5.91 Å². The van der Waals surface area contributed by atoms with E-state index in [4.69, 9.17) is 4.74 Å². The van der Waals surface area contributed by atoms with E-state index in [1.807, 2.05) is 36.4 Å². The third-order valence-electron chi connectivity index (χ3n) is 5.73. The first kappa shape index (κ1) is 20.8. The van der Waals surface area contributed by atoms with E-state index in [-0.39, 0.29) is 29.9 Å². The molecule has 1 unspecified atom stereocenters. The van der Waals surface area contributed by atoms with Crippen LogP contribution >= 0.6 is 0 Å². The van der Waals surface area contributed by atoms with E-state index in [0.29, 0.717) is 31.3 Å². The van der Waals surface area contributed by atoms with Crippen LogP contribution in [0.3, 0.4) is 0 Å². The van der Waals surface area contributed by atoms with Crippen molar-refractivity contribution in [3.8, 4) is 0 Å². The van der Waals surface area contributed by atoms with E-state index < -0.39 is 0 Å². The molecule has 1 saturated carbocycles. The number of rotatable bonds is 8. The third-order valence-corrected chi connectivity index (χ3v) is 5.73. The van der Waals surface area contributed by atoms with Crippen molar-refractivity contribution < 1.29 is 14.3 Å². The molecule has 0 aromatic carbocycles. The molecule has 7 heteroatoms. The van der Waals surface area contributed by atoms with Gasteiger partial charge in [-0.15, -0.1) is 0 Å². The van der Waals surface area contributed by atoms with Gasteiger partial charge in [0.2, 0.25) is 5.91 Å².